The van der Waals surface area contributed by atoms with Crippen LogP contribution in [0.4, 0.5) is 0 Å². The Morgan fingerprint density at radius 1 is 0.404 bits per heavy atom. The molecule has 2 heterocycles. The number of benzene rings is 7. The predicted octanol–water partition coefficient (Wildman–Crippen LogP) is 9.04. The van der Waals surface area contributed by atoms with Crippen molar-refractivity contribution >= 4 is 72.7 Å². The van der Waals surface area contributed by atoms with E-state index in [2.05, 4.69) is 191 Å². The Balaban J connectivity index is 1.25. The van der Waals surface area contributed by atoms with E-state index in [0.717, 1.165) is 0 Å². The minimum absolute atomic E-state index is 1.18. The first kappa shape index (κ1) is 27.8. The van der Waals surface area contributed by atoms with Gasteiger partial charge in [0.15, 0.2) is 8.07 Å². The van der Waals surface area contributed by atoms with Gasteiger partial charge < -0.3 is 4.57 Å². The topological polar surface area (TPSA) is 4.93 Å². The molecule has 0 fully saturated rings. The zero-order valence-corrected chi connectivity index (χ0v) is 27.6. The number of fused-ring (bicyclic) bond motifs is 5. The summed E-state index contributed by atoms with van der Waals surface area (Å²) in [4.78, 5) is 0. The second-order valence-electron chi connectivity index (χ2n) is 12.2. The van der Waals surface area contributed by atoms with Gasteiger partial charge >= 0.3 is 0 Å². The van der Waals surface area contributed by atoms with E-state index in [9.17, 15) is 0 Å². The molecule has 3 heteroatoms. The van der Waals surface area contributed by atoms with E-state index in [0.29, 0.717) is 0 Å². The van der Waals surface area contributed by atoms with Crippen molar-refractivity contribution in [3.05, 3.63) is 187 Å². The molecule has 0 aliphatic heterocycles. The average molecular weight is 634 g/mol. The summed E-state index contributed by atoms with van der Waals surface area (Å²) in [6.07, 6.45) is 0. The highest BCUT2D eigenvalue weighted by Gasteiger charge is 2.41. The smallest absolute Gasteiger partial charge is 0.179 e. The summed E-state index contributed by atoms with van der Waals surface area (Å²) in [5.74, 6) is 0. The first-order valence-corrected chi connectivity index (χ1v) is 19.0. The van der Waals surface area contributed by atoms with Gasteiger partial charge in [-0.2, -0.15) is 0 Å². The van der Waals surface area contributed by atoms with Crippen molar-refractivity contribution in [3.8, 4) is 16.8 Å². The SMILES string of the molecule is c1ccc([Si](c2ccccc2)(c2ccccc2)c2cccc(-c3cccc(-n4c5cscc5c5c6ccccc6ccc54)c3)c2)cc1. The summed E-state index contributed by atoms with van der Waals surface area (Å²) >= 11 is 1.77. The molecule has 9 aromatic rings. The van der Waals surface area contributed by atoms with Crippen molar-refractivity contribution < 1.29 is 0 Å². The molecule has 1 nitrogen and oxygen atoms in total. The van der Waals surface area contributed by atoms with Crippen LogP contribution in [0.25, 0.3) is 49.4 Å². The van der Waals surface area contributed by atoms with Gasteiger partial charge in [-0.1, -0.05) is 158 Å². The summed E-state index contributed by atoms with van der Waals surface area (Å²) in [7, 11) is -2.62. The maximum Gasteiger partial charge on any atom is 0.179 e. The van der Waals surface area contributed by atoms with Crippen LogP contribution in [0, 0.1) is 0 Å². The van der Waals surface area contributed by atoms with Gasteiger partial charge in [0.1, 0.15) is 0 Å². The first-order valence-electron chi connectivity index (χ1n) is 16.1. The van der Waals surface area contributed by atoms with Crippen LogP contribution in [0.5, 0.6) is 0 Å². The maximum atomic E-state index is 2.46. The average Bonchev–Trinajstić information content (AvgIpc) is 3.75. The number of hydrogen-bond acceptors (Lipinski definition) is 1. The van der Waals surface area contributed by atoms with Crippen LogP contribution in [0.15, 0.2) is 187 Å². The van der Waals surface area contributed by atoms with Crippen molar-refractivity contribution in [1.82, 2.24) is 4.57 Å². The van der Waals surface area contributed by atoms with Crippen LogP contribution in [-0.4, -0.2) is 12.6 Å². The van der Waals surface area contributed by atoms with Crippen molar-refractivity contribution in [2.24, 2.45) is 0 Å². The van der Waals surface area contributed by atoms with Gasteiger partial charge in [-0.05, 0) is 60.8 Å². The van der Waals surface area contributed by atoms with Gasteiger partial charge in [0.2, 0.25) is 0 Å². The molecule has 9 rings (SSSR count). The zero-order valence-electron chi connectivity index (χ0n) is 25.8. The van der Waals surface area contributed by atoms with Crippen LogP contribution in [0.1, 0.15) is 0 Å². The van der Waals surface area contributed by atoms with Crippen molar-refractivity contribution in [2.45, 2.75) is 0 Å². The highest BCUT2D eigenvalue weighted by atomic mass is 32.1. The molecule has 0 amide bonds. The molecule has 0 spiro atoms. The van der Waals surface area contributed by atoms with Gasteiger partial charge in [0.25, 0.3) is 0 Å². The van der Waals surface area contributed by atoms with E-state index < -0.39 is 8.07 Å². The van der Waals surface area contributed by atoms with E-state index in [4.69, 9.17) is 0 Å². The fourth-order valence-corrected chi connectivity index (χ4v) is 13.2. The lowest BCUT2D eigenvalue weighted by molar-refractivity contribution is 1.19. The number of hydrogen-bond donors (Lipinski definition) is 0. The largest absolute Gasteiger partial charge is 0.308 e. The normalized spacial score (nSPS) is 11.8. The lowest BCUT2D eigenvalue weighted by Gasteiger charge is -2.34. The van der Waals surface area contributed by atoms with Crippen molar-refractivity contribution in [3.63, 3.8) is 0 Å². The van der Waals surface area contributed by atoms with Crippen LogP contribution in [0.3, 0.4) is 0 Å². The van der Waals surface area contributed by atoms with E-state index in [1.54, 1.807) is 11.3 Å². The van der Waals surface area contributed by atoms with E-state index in [-0.39, 0.29) is 0 Å². The Morgan fingerprint density at radius 3 is 1.66 bits per heavy atom. The Bertz CT molecular complexity index is 2420. The van der Waals surface area contributed by atoms with Gasteiger partial charge in [0.05, 0.1) is 11.0 Å². The molecule has 0 bridgehead atoms. The highest BCUT2D eigenvalue weighted by Crippen LogP contribution is 2.39. The van der Waals surface area contributed by atoms with Crippen LogP contribution < -0.4 is 20.7 Å². The molecular weight excluding hydrogens is 603 g/mol. The van der Waals surface area contributed by atoms with Crippen LogP contribution >= 0.6 is 11.3 Å². The standard InChI is InChI=1S/C44H31NSSi/c1-4-18-36(19-5-1)47(37-20-6-2-7-21-37,38-22-8-3-9-23-38)39-24-13-16-34(29-39)33-15-12-17-35(28-33)45-42-27-26-32-14-10-11-25-40(32)44(42)41-30-46-31-43(41)45/h1-31H. The monoisotopic (exact) mass is 633 g/mol. The Labute approximate surface area is 279 Å². The lowest BCUT2D eigenvalue weighted by Crippen LogP contribution is -2.74. The molecule has 2 aromatic heterocycles. The van der Waals surface area contributed by atoms with E-state index in [1.165, 1.54) is 70.1 Å². The molecule has 0 atom stereocenters. The van der Waals surface area contributed by atoms with Gasteiger partial charge in [-0.3, -0.25) is 0 Å². The molecule has 0 unspecified atom stereocenters. The number of rotatable bonds is 6. The van der Waals surface area contributed by atoms with Crippen molar-refractivity contribution in [1.29, 1.82) is 0 Å². The minimum Gasteiger partial charge on any atom is -0.308 e. The van der Waals surface area contributed by atoms with Gasteiger partial charge in [-0.15, -0.1) is 11.3 Å². The van der Waals surface area contributed by atoms with Crippen LogP contribution in [-0.2, 0) is 0 Å². The summed E-state index contributed by atoms with van der Waals surface area (Å²) in [6.45, 7) is 0. The molecule has 0 saturated carbocycles. The zero-order chi connectivity index (χ0) is 31.2. The maximum absolute atomic E-state index is 2.62. The highest BCUT2D eigenvalue weighted by molar-refractivity contribution is 7.19. The third-order valence-electron chi connectivity index (χ3n) is 9.65. The summed E-state index contributed by atoms with van der Waals surface area (Å²) in [6, 6.07) is 65.1. The number of nitrogens with zero attached hydrogens (tertiary/aromatic N) is 1. The fourth-order valence-electron chi connectivity index (χ4n) is 7.61. The lowest BCUT2D eigenvalue weighted by atomic mass is 10.0. The summed E-state index contributed by atoms with van der Waals surface area (Å²) in [5.41, 5.74) is 6.13. The first-order chi connectivity index (χ1) is 23.3. The summed E-state index contributed by atoms with van der Waals surface area (Å²) in [5, 5.41) is 15.3. The second kappa shape index (κ2) is 11.4. The number of thiophene rings is 1. The molecule has 47 heavy (non-hydrogen) atoms. The molecule has 7 aromatic carbocycles. The van der Waals surface area contributed by atoms with E-state index >= 15 is 0 Å². The molecular formula is C44H31NSSi. The molecule has 0 radical (unpaired) electrons. The molecule has 0 aliphatic carbocycles. The van der Waals surface area contributed by atoms with Crippen LogP contribution in [0.2, 0.25) is 0 Å². The minimum atomic E-state index is -2.62. The third kappa shape index (κ3) is 4.43. The van der Waals surface area contributed by atoms with Gasteiger partial charge in [0, 0.05) is 27.2 Å². The van der Waals surface area contributed by atoms with Gasteiger partial charge in [-0.25, -0.2) is 0 Å². The fraction of sp³-hybridized carbons (Fsp3) is 0. The molecule has 0 aliphatic rings. The Morgan fingerprint density at radius 2 is 0.979 bits per heavy atom. The molecule has 0 saturated heterocycles. The Hall–Kier alpha value is -5.48. The second-order valence-corrected chi connectivity index (χ2v) is 16.7. The Kier molecular flexibility index (Phi) is 6.74. The molecule has 0 N–H and O–H groups in total. The van der Waals surface area contributed by atoms with Crippen molar-refractivity contribution in [2.75, 3.05) is 0 Å². The summed E-state index contributed by atoms with van der Waals surface area (Å²) < 4.78 is 2.44. The molecule has 222 valence electrons. The predicted molar refractivity (Wildman–Crippen MR) is 205 cm³/mol. The third-order valence-corrected chi connectivity index (χ3v) is 15.2. The quantitative estimate of drug-likeness (QED) is 0.127. The number of aromatic nitrogens is 1. The van der Waals surface area contributed by atoms with E-state index in [1.807, 2.05) is 0 Å².